The SMILES string of the molecule is C[Si](C)(C)c1cc(-c2cccc3[cH-]c(C4(c5cc6c(-c7cc([Si](C)(C)C)cc([Si](C)(C)C)c7)cccc6[cH-]5)CCC4)cc23)cc([Si](C)(C)C)c1.[CH3-].[CH3-].[Hf+4]. The second kappa shape index (κ2) is 15.1. The molecule has 0 atom stereocenters. The molecule has 0 aromatic heterocycles. The average Bonchev–Trinajstić information content (AvgIpc) is 3.63. The third kappa shape index (κ3) is 8.21. The summed E-state index contributed by atoms with van der Waals surface area (Å²) in [5, 5.41) is 11.9. The molecule has 0 heterocycles. The molecule has 0 unspecified atom stereocenters. The molecule has 0 nitrogen and oxygen atoms in total. The zero-order chi connectivity index (χ0) is 36.0. The Bertz CT molecular complexity index is 2010. The van der Waals surface area contributed by atoms with E-state index in [9.17, 15) is 0 Å². The Hall–Kier alpha value is -2.16. The van der Waals surface area contributed by atoms with Crippen molar-refractivity contribution in [1.82, 2.24) is 0 Å². The maximum absolute atomic E-state index is 2.58. The molecule has 1 saturated carbocycles. The van der Waals surface area contributed by atoms with Gasteiger partial charge < -0.3 is 14.9 Å². The van der Waals surface area contributed by atoms with Crippen LogP contribution in [0.3, 0.4) is 0 Å². The minimum Gasteiger partial charge on any atom is -0.358 e. The molecule has 7 rings (SSSR count). The monoisotopic (exact) mass is 932 g/mol. The van der Waals surface area contributed by atoms with Gasteiger partial charge >= 0.3 is 25.8 Å². The summed E-state index contributed by atoms with van der Waals surface area (Å²) in [4.78, 5) is 0. The van der Waals surface area contributed by atoms with Crippen molar-refractivity contribution in [2.75, 3.05) is 0 Å². The fourth-order valence-corrected chi connectivity index (χ4v) is 13.1. The van der Waals surface area contributed by atoms with Gasteiger partial charge in [-0.05, 0) is 29.4 Å². The largest absolute Gasteiger partial charge is 4.00 e. The van der Waals surface area contributed by atoms with Crippen molar-refractivity contribution in [1.29, 1.82) is 0 Å². The Morgan fingerprint density at radius 2 is 0.774 bits per heavy atom. The van der Waals surface area contributed by atoms with Crippen LogP contribution in [-0.2, 0) is 31.3 Å². The molecule has 53 heavy (non-hydrogen) atoms. The first kappa shape index (κ1) is 43.6. The minimum absolute atomic E-state index is 0. The first-order valence-electron chi connectivity index (χ1n) is 19.0. The van der Waals surface area contributed by atoms with Crippen LogP contribution in [0.2, 0.25) is 78.6 Å². The van der Waals surface area contributed by atoms with Crippen LogP contribution < -0.4 is 20.7 Å². The van der Waals surface area contributed by atoms with Gasteiger partial charge in [0.15, 0.2) is 0 Å². The Kier molecular flexibility index (Phi) is 12.4. The van der Waals surface area contributed by atoms with E-state index in [1.54, 1.807) is 20.7 Å². The quantitative estimate of drug-likeness (QED) is 0.105. The summed E-state index contributed by atoms with van der Waals surface area (Å²) in [6.45, 7) is 29.9. The van der Waals surface area contributed by atoms with E-state index in [4.69, 9.17) is 0 Å². The van der Waals surface area contributed by atoms with Crippen molar-refractivity contribution in [2.45, 2.75) is 103 Å². The summed E-state index contributed by atoms with van der Waals surface area (Å²) in [5.74, 6) is 0. The summed E-state index contributed by atoms with van der Waals surface area (Å²) < 4.78 is 0. The fraction of sp³-hybridized carbons (Fsp3) is 0.333. The molecule has 1 fully saturated rings. The zero-order valence-corrected chi connectivity index (χ0v) is 43.0. The number of fused-ring (bicyclic) bond motifs is 2. The second-order valence-electron chi connectivity index (χ2n) is 19.6. The summed E-state index contributed by atoms with van der Waals surface area (Å²) in [6, 6.07) is 39.5. The summed E-state index contributed by atoms with van der Waals surface area (Å²) >= 11 is 0. The van der Waals surface area contributed by atoms with E-state index in [0.29, 0.717) is 0 Å². The van der Waals surface area contributed by atoms with Gasteiger partial charge in [0.2, 0.25) is 0 Å². The number of rotatable bonds is 8. The van der Waals surface area contributed by atoms with E-state index in [-0.39, 0.29) is 46.1 Å². The van der Waals surface area contributed by atoms with E-state index in [0.717, 1.165) is 0 Å². The molecule has 0 saturated heterocycles. The first-order valence-corrected chi connectivity index (χ1v) is 33.0. The van der Waals surface area contributed by atoms with Crippen LogP contribution >= 0.6 is 0 Å². The predicted octanol–water partition coefficient (Wildman–Crippen LogP) is 12.3. The third-order valence-electron chi connectivity index (χ3n) is 11.8. The molecule has 0 spiro atoms. The zero-order valence-electron chi connectivity index (χ0n) is 35.4. The normalized spacial score (nSPS) is 14.6. The third-order valence-corrected chi connectivity index (χ3v) is 19.8. The molecular weight excluding hydrogens is 867 g/mol. The number of hydrogen-bond donors (Lipinski definition) is 0. The van der Waals surface area contributed by atoms with Crippen LogP contribution in [0.1, 0.15) is 30.4 Å². The van der Waals surface area contributed by atoms with Gasteiger partial charge in [0.25, 0.3) is 0 Å². The number of benzene rings is 4. The Morgan fingerprint density at radius 1 is 0.453 bits per heavy atom. The summed E-state index contributed by atoms with van der Waals surface area (Å²) in [6.07, 6.45) is 3.73. The maximum atomic E-state index is 2.58. The van der Waals surface area contributed by atoms with Gasteiger partial charge in [0, 0.05) is 0 Å². The van der Waals surface area contributed by atoms with Crippen molar-refractivity contribution in [3.63, 3.8) is 0 Å². The topological polar surface area (TPSA) is 0 Å². The van der Waals surface area contributed by atoms with Gasteiger partial charge in [0.1, 0.15) is 0 Å². The van der Waals surface area contributed by atoms with Crippen LogP contribution in [0, 0.1) is 14.9 Å². The first-order chi connectivity index (χ1) is 23.2. The van der Waals surface area contributed by atoms with Crippen molar-refractivity contribution in [3.8, 4) is 22.3 Å². The molecule has 5 heteroatoms. The van der Waals surface area contributed by atoms with Crippen molar-refractivity contribution >= 4 is 74.6 Å². The molecule has 0 N–H and O–H groups in total. The molecule has 276 valence electrons. The van der Waals surface area contributed by atoms with E-state index >= 15 is 0 Å². The molecule has 1 aliphatic rings. The second-order valence-corrected chi connectivity index (χ2v) is 39.9. The Morgan fingerprint density at radius 3 is 1.04 bits per heavy atom. The summed E-state index contributed by atoms with van der Waals surface area (Å²) in [5.41, 5.74) is 8.73. The van der Waals surface area contributed by atoms with Crippen LogP contribution in [0.4, 0.5) is 0 Å². The molecule has 0 radical (unpaired) electrons. The van der Waals surface area contributed by atoms with Crippen molar-refractivity contribution in [2.24, 2.45) is 0 Å². The minimum atomic E-state index is -1.49. The molecule has 0 aliphatic heterocycles. The van der Waals surface area contributed by atoms with Gasteiger partial charge in [-0.3, -0.25) is 0 Å². The van der Waals surface area contributed by atoms with Gasteiger partial charge in [-0.25, -0.2) is 0 Å². The fourth-order valence-electron chi connectivity index (χ4n) is 8.10. The van der Waals surface area contributed by atoms with Crippen molar-refractivity contribution in [3.05, 3.63) is 123 Å². The molecule has 0 amide bonds. The molecule has 6 aromatic carbocycles. The average molecular weight is 932 g/mol. The van der Waals surface area contributed by atoms with Crippen molar-refractivity contribution < 1.29 is 25.8 Å². The van der Waals surface area contributed by atoms with E-state index < -0.39 is 32.3 Å². The molecule has 1 aliphatic carbocycles. The van der Waals surface area contributed by atoms with Crippen LogP contribution in [-0.4, -0.2) is 32.3 Å². The van der Waals surface area contributed by atoms with E-state index in [1.165, 1.54) is 74.2 Å². The van der Waals surface area contributed by atoms with E-state index in [1.807, 2.05) is 0 Å². The van der Waals surface area contributed by atoms with E-state index in [2.05, 4.69) is 176 Å². The van der Waals surface area contributed by atoms with Gasteiger partial charge in [0.05, 0.1) is 32.3 Å². The van der Waals surface area contributed by atoms with Crippen LogP contribution in [0.15, 0.2) is 97.1 Å². The Labute approximate surface area is 346 Å². The predicted molar refractivity (Wildman–Crippen MR) is 249 cm³/mol. The Balaban J connectivity index is 0.00000209. The van der Waals surface area contributed by atoms with Gasteiger partial charge in [-0.2, -0.15) is 12.1 Å². The maximum Gasteiger partial charge on any atom is 4.00 e. The molecule has 0 bridgehead atoms. The number of hydrogen-bond acceptors (Lipinski definition) is 0. The smallest absolute Gasteiger partial charge is 0.358 e. The standard InChI is InChI=1S/C46H58Si4.2CH3.Hf/c1-47(2,3)38-24-34(25-39(30-38)48(4,5)6)42-18-13-16-32-22-36(28-44(32)42)46(20-15-21-46)37-23-33-17-14-19-43(45(33)29-37)35-26-40(49(7,8)9)31-41(27-35)50(10,11)12;;;/h13-14,16-19,22-31H,15,20-21H2,1-12H3;2*1H3;/q-2;2*-1;+4. The van der Waals surface area contributed by atoms with Gasteiger partial charge in [-0.1, -0.05) is 165 Å². The molecule has 6 aromatic rings. The van der Waals surface area contributed by atoms with Crippen LogP contribution in [0.5, 0.6) is 0 Å². The molecular formula is C48H64HfSi4. The summed E-state index contributed by atoms with van der Waals surface area (Å²) in [7, 11) is -5.94. The van der Waals surface area contributed by atoms with Crippen LogP contribution in [0.25, 0.3) is 43.8 Å². The van der Waals surface area contributed by atoms with Gasteiger partial charge in [-0.15, -0.1) is 69.1 Å².